The SMILES string of the molecule is C=CCN(C(F)(F)C(F)(F)C(F)(F)C(F)(F)F)S(=O)(=O)N(F)F. The fourth-order valence-corrected chi connectivity index (χ4v) is 1.92. The molecule has 23 heavy (non-hydrogen) atoms. The molecule has 0 rings (SSSR count). The molecule has 16 heteroatoms. The van der Waals surface area contributed by atoms with Crippen molar-refractivity contribution in [1.29, 1.82) is 0 Å². The molecule has 0 aliphatic rings. The standard InChI is InChI=1S/C7H5F11N2O2S/c1-2-3-19(23(21,22)20(17)18)7(15,16)5(10,11)4(8,9)6(12,13)14/h2H,1,3H2. The van der Waals surface area contributed by atoms with Gasteiger partial charge in [0.1, 0.15) is 0 Å². The zero-order chi connectivity index (χ0) is 19.1. The van der Waals surface area contributed by atoms with Crippen LogP contribution < -0.4 is 0 Å². The molecule has 0 spiro atoms. The third-order valence-electron chi connectivity index (χ3n) is 2.19. The van der Waals surface area contributed by atoms with Gasteiger partial charge in [0.15, 0.2) is 4.75 Å². The van der Waals surface area contributed by atoms with Gasteiger partial charge in [-0.15, -0.1) is 10.9 Å². The molecule has 138 valence electrons. The molecule has 0 saturated heterocycles. The monoisotopic (exact) mass is 390 g/mol. The second-order valence-corrected chi connectivity index (χ2v) is 5.30. The van der Waals surface area contributed by atoms with Crippen molar-refractivity contribution in [3.05, 3.63) is 12.7 Å². The molecular formula is C7H5F11N2O2S. The van der Waals surface area contributed by atoms with Crippen LogP contribution in [0.1, 0.15) is 0 Å². The molecule has 0 aromatic heterocycles. The van der Waals surface area contributed by atoms with Gasteiger partial charge in [-0.05, 0) is 0 Å². The van der Waals surface area contributed by atoms with Crippen LogP contribution in [0.2, 0.25) is 0 Å². The quantitative estimate of drug-likeness (QED) is 0.290. The summed E-state index contributed by atoms with van der Waals surface area (Å²) in [4.78, 5) is 0. The van der Waals surface area contributed by atoms with Crippen LogP contribution >= 0.6 is 0 Å². The molecule has 4 nitrogen and oxygen atoms in total. The van der Waals surface area contributed by atoms with Crippen molar-refractivity contribution in [2.45, 2.75) is 24.1 Å². The smallest absolute Gasteiger partial charge is 0.191 e. The molecule has 0 aliphatic heterocycles. The minimum atomic E-state index is -7.43. The predicted octanol–water partition coefficient (Wildman–Crippen LogP) is 3.22. The number of hydrogen-bond donors (Lipinski definition) is 0. The number of alkyl halides is 9. The minimum absolute atomic E-state index is 0.0171. The van der Waals surface area contributed by atoms with E-state index in [9.17, 15) is 56.9 Å². The maximum atomic E-state index is 13.3. The van der Waals surface area contributed by atoms with Gasteiger partial charge in [0, 0.05) is 6.54 Å². The first-order valence-electron chi connectivity index (χ1n) is 4.84. The van der Waals surface area contributed by atoms with Crippen LogP contribution in [-0.4, -0.2) is 48.1 Å². The van der Waals surface area contributed by atoms with E-state index in [0.29, 0.717) is 0 Å². The molecular weight excluding hydrogens is 385 g/mol. The normalized spacial score (nSPS) is 15.3. The predicted molar refractivity (Wildman–Crippen MR) is 50.8 cm³/mol. The Hall–Kier alpha value is -1.16. The zero-order valence-corrected chi connectivity index (χ0v) is 11.1. The summed E-state index contributed by atoms with van der Waals surface area (Å²) in [6.07, 6.45) is -7.24. The van der Waals surface area contributed by atoms with E-state index in [-0.39, 0.29) is 6.08 Å². The van der Waals surface area contributed by atoms with Crippen molar-refractivity contribution >= 4 is 10.2 Å². The van der Waals surface area contributed by atoms with E-state index in [1.807, 2.05) is 0 Å². The highest BCUT2D eigenvalue weighted by molar-refractivity contribution is 7.86. The van der Waals surface area contributed by atoms with Gasteiger partial charge in [0.25, 0.3) is 0 Å². The van der Waals surface area contributed by atoms with Crippen molar-refractivity contribution in [3.63, 3.8) is 0 Å². The van der Waals surface area contributed by atoms with Crippen LogP contribution in [0.4, 0.5) is 48.5 Å². The zero-order valence-electron chi connectivity index (χ0n) is 10.3. The molecule has 0 aliphatic carbocycles. The number of rotatable bonds is 7. The van der Waals surface area contributed by atoms with Crippen LogP contribution in [0.5, 0.6) is 0 Å². The molecule has 0 N–H and O–H groups in total. The molecule has 0 bridgehead atoms. The summed E-state index contributed by atoms with van der Waals surface area (Å²) < 4.78 is 154. The molecule has 0 radical (unpaired) electrons. The summed E-state index contributed by atoms with van der Waals surface area (Å²) in [5, 5.41) is 0. The van der Waals surface area contributed by atoms with Gasteiger partial charge < -0.3 is 0 Å². The lowest BCUT2D eigenvalue weighted by Crippen LogP contribution is -2.67. The Labute approximate surface area is 120 Å². The molecule has 0 unspecified atom stereocenters. The first-order valence-corrected chi connectivity index (χ1v) is 6.24. The van der Waals surface area contributed by atoms with Gasteiger partial charge in [-0.3, -0.25) is 0 Å². The molecule has 0 fully saturated rings. The van der Waals surface area contributed by atoms with E-state index in [0.717, 1.165) is 0 Å². The Morgan fingerprint density at radius 2 is 1.26 bits per heavy atom. The van der Waals surface area contributed by atoms with Gasteiger partial charge in [0.05, 0.1) is 0 Å². The summed E-state index contributed by atoms with van der Waals surface area (Å²) in [5.41, 5.74) is 0. The van der Waals surface area contributed by atoms with E-state index in [2.05, 4.69) is 6.58 Å². The number of nitrogens with zero attached hydrogens (tertiary/aromatic N) is 2. The first-order chi connectivity index (χ1) is 9.89. The Kier molecular flexibility index (Phi) is 5.74. The third-order valence-corrected chi connectivity index (χ3v) is 3.47. The maximum Gasteiger partial charge on any atom is 0.460 e. The summed E-state index contributed by atoms with van der Waals surface area (Å²) in [7, 11) is -6.82. The third kappa shape index (κ3) is 3.37. The highest BCUT2D eigenvalue weighted by Crippen LogP contribution is 2.54. The second-order valence-electron chi connectivity index (χ2n) is 3.69. The fourth-order valence-electron chi connectivity index (χ4n) is 1.07. The Morgan fingerprint density at radius 3 is 1.52 bits per heavy atom. The van der Waals surface area contributed by atoms with Crippen LogP contribution in [-0.2, 0) is 10.2 Å². The van der Waals surface area contributed by atoms with Crippen molar-refractivity contribution in [1.82, 2.24) is 9.05 Å². The van der Waals surface area contributed by atoms with Gasteiger partial charge in [0.2, 0.25) is 0 Å². The number of hydrogen-bond acceptors (Lipinski definition) is 2. The molecule has 0 aromatic carbocycles. The average molecular weight is 390 g/mol. The van der Waals surface area contributed by atoms with Gasteiger partial charge in [-0.25, -0.2) is 0 Å². The van der Waals surface area contributed by atoms with Crippen LogP contribution in [0.3, 0.4) is 0 Å². The Balaban J connectivity index is 6.33. The molecule has 0 amide bonds. The lowest BCUT2D eigenvalue weighted by atomic mass is 10.1. The van der Waals surface area contributed by atoms with Gasteiger partial charge in [-0.2, -0.15) is 47.9 Å². The molecule has 0 heterocycles. The first kappa shape index (κ1) is 21.8. The summed E-state index contributed by atoms with van der Waals surface area (Å²) in [5.74, 6) is -14.8. The van der Waals surface area contributed by atoms with E-state index in [1.165, 1.54) is 0 Å². The summed E-state index contributed by atoms with van der Waals surface area (Å²) >= 11 is 0. The van der Waals surface area contributed by atoms with Crippen molar-refractivity contribution < 1.29 is 56.9 Å². The van der Waals surface area contributed by atoms with Crippen LogP contribution in [0.15, 0.2) is 12.7 Å². The van der Waals surface area contributed by atoms with Crippen LogP contribution in [0.25, 0.3) is 0 Å². The summed E-state index contributed by atoms with van der Waals surface area (Å²) in [6.45, 7) is 0.401. The van der Waals surface area contributed by atoms with Crippen molar-refractivity contribution in [2.75, 3.05) is 6.54 Å². The maximum absolute atomic E-state index is 13.3. The largest absolute Gasteiger partial charge is 0.460 e. The van der Waals surface area contributed by atoms with E-state index in [4.69, 9.17) is 0 Å². The van der Waals surface area contributed by atoms with Gasteiger partial charge in [-0.1, -0.05) is 15.0 Å². The van der Waals surface area contributed by atoms with E-state index in [1.54, 1.807) is 0 Å². The summed E-state index contributed by atoms with van der Waals surface area (Å²) in [6, 6.07) is -6.88. The van der Waals surface area contributed by atoms with Crippen molar-refractivity contribution in [3.8, 4) is 0 Å². The molecule has 0 aromatic rings. The Morgan fingerprint density at radius 1 is 0.870 bits per heavy atom. The lowest BCUT2D eigenvalue weighted by molar-refractivity contribution is -0.411. The topological polar surface area (TPSA) is 40.6 Å². The van der Waals surface area contributed by atoms with Crippen LogP contribution in [0, 0.1) is 0 Å². The van der Waals surface area contributed by atoms with E-state index >= 15 is 0 Å². The molecule has 0 atom stereocenters. The highest BCUT2D eigenvalue weighted by Gasteiger charge is 2.84. The fraction of sp³-hybridized carbons (Fsp3) is 0.714. The van der Waals surface area contributed by atoms with Gasteiger partial charge >= 0.3 is 34.3 Å². The lowest BCUT2D eigenvalue weighted by Gasteiger charge is -2.37. The average Bonchev–Trinajstić information content (AvgIpc) is 2.33. The number of halogens is 11. The van der Waals surface area contributed by atoms with E-state index < -0.39 is 49.9 Å². The van der Waals surface area contributed by atoms with Crippen molar-refractivity contribution in [2.24, 2.45) is 0 Å². The Bertz CT molecular complexity index is 541. The molecule has 0 saturated carbocycles. The highest BCUT2D eigenvalue weighted by atomic mass is 32.2. The second kappa shape index (κ2) is 6.04. The minimum Gasteiger partial charge on any atom is -0.191 e.